The number of nitro groups is 1. The van der Waals surface area contributed by atoms with E-state index in [1.807, 2.05) is 0 Å². The number of non-ortho nitro benzene ring substituents is 1. The van der Waals surface area contributed by atoms with Gasteiger partial charge in [0.1, 0.15) is 5.01 Å². The molecule has 0 amide bonds. The van der Waals surface area contributed by atoms with Gasteiger partial charge >= 0.3 is 6.18 Å². The molecule has 0 saturated heterocycles. The van der Waals surface area contributed by atoms with E-state index < -0.39 is 16.7 Å². The van der Waals surface area contributed by atoms with Gasteiger partial charge in [-0.25, -0.2) is 4.98 Å². The SMILES string of the molecule is O=[N+]([O-])c1ccc2nc(C=Cc3ccccc3C(F)(F)F)sc2c1. The Labute approximate surface area is 138 Å². The third-order valence-electron chi connectivity index (χ3n) is 3.27. The Morgan fingerprint density at radius 3 is 2.58 bits per heavy atom. The third kappa shape index (κ3) is 3.28. The van der Waals surface area contributed by atoms with Crippen molar-refractivity contribution < 1.29 is 18.1 Å². The van der Waals surface area contributed by atoms with Crippen molar-refractivity contribution in [2.75, 3.05) is 0 Å². The molecule has 0 aliphatic carbocycles. The van der Waals surface area contributed by atoms with Crippen molar-refractivity contribution in [3.63, 3.8) is 0 Å². The lowest BCUT2D eigenvalue weighted by molar-refractivity contribution is -0.384. The summed E-state index contributed by atoms with van der Waals surface area (Å²) < 4.78 is 39.5. The summed E-state index contributed by atoms with van der Waals surface area (Å²) in [6, 6.07) is 9.50. The van der Waals surface area contributed by atoms with Crippen molar-refractivity contribution >= 4 is 39.4 Å². The minimum Gasteiger partial charge on any atom is -0.258 e. The topological polar surface area (TPSA) is 56.0 Å². The standard InChI is InChI=1S/C16H9F3N2O2S/c17-16(18,19)12-4-2-1-3-10(12)5-8-15-20-13-7-6-11(21(22)23)9-14(13)24-15/h1-9H. The fourth-order valence-electron chi connectivity index (χ4n) is 2.18. The number of alkyl halides is 3. The maximum Gasteiger partial charge on any atom is 0.416 e. The molecule has 122 valence electrons. The van der Waals surface area contributed by atoms with Crippen LogP contribution in [0.4, 0.5) is 18.9 Å². The van der Waals surface area contributed by atoms with Gasteiger partial charge in [0, 0.05) is 12.1 Å². The van der Waals surface area contributed by atoms with Gasteiger partial charge in [0.25, 0.3) is 5.69 Å². The summed E-state index contributed by atoms with van der Waals surface area (Å²) >= 11 is 1.18. The number of hydrogen-bond donors (Lipinski definition) is 0. The molecule has 0 aliphatic rings. The monoisotopic (exact) mass is 350 g/mol. The maximum absolute atomic E-state index is 13.0. The van der Waals surface area contributed by atoms with Crippen LogP contribution in [0.1, 0.15) is 16.1 Å². The number of benzene rings is 2. The van der Waals surface area contributed by atoms with Crippen LogP contribution < -0.4 is 0 Å². The first-order chi connectivity index (χ1) is 11.3. The average molecular weight is 350 g/mol. The molecule has 0 radical (unpaired) electrons. The van der Waals surface area contributed by atoms with E-state index in [1.165, 1.54) is 59.9 Å². The molecule has 0 unspecified atom stereocenters. The normalized spacial score (nSPS) is 12.1. The molecule has 3 rings (SSSR count). The Hall–Kier alpha value is -2.74. The second-order valence-electron chi connectivity index (χ2n) is 4.88. The number of nitro benzene ring substituents is 1. The van der Waals surface area contributed by atoms with E-state index in [2.05, 4.69) is 4.98 Å². The van der Waals surface area contributed by atoms with Gasteiger partial charge in [-0.1, -0.05) is 24.3 Å². The predicted molar refractivity (Wildman–Crippen MR) is 86.6 cm³/mol. The van der Waals surface area contributed by atoms with E-state index in [-0.39, 0.29) is 11.3 Å². The van der Waals surface area contributed by atoms with Crippen LogP contribution in [0.25, 0.3) is 22.4 Å². The zero-order valence-electron chi connectivity index (χ0n) is 11.9. The first-order valence-corrected chi connectivity index (χ1v) is 7.55. The molecule has 3 aromatic rings. The molecule has 0 fully saturated rings. The van der Waals surface area contributed by atoms with Gasteiger partial charge in [-0.05, 0) is 23.8 Å². The van der Waals surface area contributed by atoms with E-state index in [0.717, 1.165) is 6.07 Å². The van der Waals surface area contributed by atoms with Gasteiger partial charge in [-0.2, -0.15) is 13.2 Å². The van der Waals surface area contributed by atoms with Crippen molar-refractivity contribution in [3.05, 3.63) is 68.7 Å². The van der Waals surface area contributed by atoms with E-state index in [1.54, 1.807) is 0 Å². The number of thiazole rings is 1. The number of halogens is 3. The highest BCUT2D eigenvalue weighted by atomic mass is 32.1. The molecular formula is C16H9F3N2O2S. The van der Waals surface area contributed by atoms with Crippen molar-refractivity contribution in [2.24, 2.45) is 0 Å². The van der Waals surface area contributed by atoms with Crippen LogP contribution in [0.3, 0.4) is 0 Å². The summed E-state index contributed by atoms with van der Waals surface area (Å²) in [4.78, 5) is 14.5. The zero-order chi connectivity index (χ0) is 17.3. The van der Waals surface area contributed by atoms with E-state index >= 15 is 0 Å². The van der Waals surface area contributed by atoms with Gasteiger partial charge < -0.3 is 0 Å². The third-order valence-corrected chi connectivity index (χ3v) is 4.25. The van der Waals surface area contributed by atoms with Crippen LogP contribution in [0.15, 0.2) is 42.5 Å². The number of fused-ring (bicyclic) bond motifs is 1. The summed E-state index contributed by atoms with van der Waals surface area (Å²) in [5, 5.41) is 11.2. The van der Waals surface area contributed by atoms with Gasteiger partial charge in [0.05, 0.1) is 20.7 Å². The molecule has 0 saturated carbocycles. The van der Waals surface area contributed by atoms with E-state index in [0.29, 0.717) is 15.2 Å². The molecule has 4 nitrogen and oxygen atoms in total. The van der Waals surface area contributed by atoms with Crippen LogP contribution in [-0.2, 0) is 6.18 Å². The summed E-state index contributed by atoms with van der Waals surface area (Å²) in [6.07, 6.45) is -1.62. The number of rotatable bonds is 3. The molecular weight excluding hydrogens is 341 g/mol. The highest BCUT2D eigenvalue weighted by molar-refractivity contribution is 7.19. The molecule has 1 heterocycles. The largest absolute Gasteiger partial charge is 0.416 e. The Bertz CT molecular complexity index is 948. The summed E-state index contributed by atoms with van der Waals surface area (Å²) in [6.45, 7) is 0. The van der Waals surface area contributed by atoms with Gasteiger partial charge in [0.2, 0.25) is 0 Å². The second-order valence-corrected chi connectivity index (χ2v) is 5.94. The quantitative estimate of drug-likeness (QED) is 0.470. The molecule has 0 atom stereocenters. The molecule has 0 spiro atoms. The second kappa shape index (κ2) is 6.04. The van der Waals surface area contributed by atoms with Crippen molar-refractivity contribution in [2.45, 2.75) is 6.18 Å². The average Bonchev–Trinajstić information content (AvgIpc) is 2.94. The Kier molecular flexibility index (Phi) is 4.06. The number of aromatic nitrogens is 1. The number of nitrogens with zero attached hydrogens (tertiary/aromatic N) is 2. The summed E-state index contributed by atoms with van der Waals surface area (Å²) in [5.41, 5.74) is -0.174. The lowest BCUT2D eigenvalue weighted by Crippen LogP contribution is -2.06. The lowest BCUT2D eigenvalue weighted by atomic mass is 10.1. The first-order valence-electron chi connectivity index (χ1n) is 6.74. The predicted octanol–water partition coefficient (Wildman–Crippen LogP) is 5.39. The van der Waals surface area contributed by atoms with Crippen molar-refractivity contribution in [1.29, 1.82) is 0 Å². The highest BCUT2D eigenvalue weighted by Crippen LogP contribution is 2.33. The molecule has 0 N–H and O–H groups in total. The van der Waals surface area contributed by atoms with Crippen LogP contribution in [0.2, 0.25) is 0 Å². The fourth-order valence-corrected chi connectivity index (χ4v) is 3.08. The zero-order valence-corrected chi connectivity index (χ0v) is 12.8. The minimum absolute atomic E-state index is 0.0373. The summed E-state index contributed by atoms with van der Waals surface area (Å²) in [7, 11) is 0. The van der Waals surface area contributed by atoms with Crippen LogP contribution >= 0.6 is 11.3 Å². The van der Waals surface area contributed by atoms with Crippen LogP contribution in [0.5, 0.6) is 0 Å². The Morgan fingerprint density at radius 2 is 1.88 bits per heavy atom. The molecule has 8 heteroatoms. The van der Waals surface area contributed by atoms with E-state index in [9.17, 15) is 23.3 Å². The van der Waals surface area contributed by atoms with E-state index in [4.69, 9.17) is 0 Å². The van der Waals surface area contributed by atoms with Crippen LogP contribution in [-0.4, -0.2) is 9.91 Å². The molecule has 0 aliphatic heterocycles. The Morgan fingerprint density at radius 1 is 1.12 bits per heavy atom. The maximum atomic E-state index is 13.0. The number of hydrogen-bond acceptors (Lipinski definition) is 4. The molecule has 0 bridgehead atoms. The van der Waals surface area contributed by atoms with Crippen LogP contribution in [0, 0.1) is 10.1 Å². The minimum atomic E-state index is -4.44. The van der Waals surface area contributed by atoms with Crippen molar-refractivity contribution in [3.8, 4) is 0 Å². The smallest absolute Gasteiger partial charge is 0.258 e. The lowest BCUT2D eigenvalue weighted by Gasteiger charge is -2.09. The molecule has 24 heavy (non-hydrogen) atoms. The Balaban J connectivity index is 1.96. The molecule has 2 aromatic carbocycles. The highest BCUT2D eigenvalue weighted by Gasteiger charge is 2.32. The fraction of sp³-hybridized carbons (Fsp3) is 0.0625. The first kappa shape index (κ1) is 16.1. The van der Waals surface area contributed by atoms with Gasteiger partial charge in [-0.15, -0.1) is 11.3 Å². The van der Waals surface area contributed by atoms with Crippen molar-refractivity contribution in [1.82, 2.24) is 4.98 Å². The van der Waals surface area contributed by atoms with Gasteiger partial charge in [-0.3, -0.25) is 10.1 Å². The van der Waals surface area contributed by atoms with Gasteiger partial charge in [0.15, 0.2) is 0 Å². The summed E-state index contributed by atoms with van der Waals surface area (Å²) in [5.74, 6) is 0. The molecule has 1 aromatic heterocycles.